The molecule has 0 atom stereocenters. The van der Waals surface area contributed by atoms with Crippen molar-refractivity contribution in [2.24, 2.45) is 0 Å². The van der Waals surface area contributed by atoms with Crippen molar-refractivity contribution in [1.82, 2.24) is 0 Å². The molecule has 0 saturated carbocycles. The molecule has 0 bridgehead atoms. The summed E-state index contributed by atoms with van der Waals surface area (Å²) in [5.74, 6) is 1.64. The fourth-order valence-electron chi connectivity index (χ4n) is 9.94. The molecule has 378 valence electrons. The molecule has 0 aliphatic carbocycles. The van der Waals surface area contributed by atoms with E-state index in [-0.39, 0.29) is 6.71 Å². The highest BCUT2D eigenvalue weighted by Gasteiger charge is 2.44. The quantitative estimate of drug-likeness (QED) is 0.0262. The van der Waals surface area contributed by atoms with Gasteiger partial charge in [-0.05, 0) is 73.1 Å². The van der Waals surface area contributed by atoms with E-state index in [9.17, 15) is 0 Å². The Hall–Kier alpha value is -4.72. The maximum atomic E-state index is 6.63. The second-order valence-electron chi connectivity index (χ2n) is 17.3. The SMILES string of the molecule is COCCOCCOCCOCCOCCOCCOc1ccc2c3c4c5c(ccc(OCCOCCOCCOCCOCCOCCOC)c5cc13)-c1ccc3cccc5c3c1B4c1c-5cccc1-2. The first-order valence-electron chi connectivity index (χ1n) is 25.1. The van der Waals surface area contributed by atoms with Gasteiger partial charge in [0.15, 0.2) is 0 Å². The van der Waals surface area contributed by atoms with Crippen LogP contribution in [0.1, 0.15) is 0 Å². The van der Waals surface area contributed by atoms with Crippen LogP contribution in [0.15, 0.2) is 78.9 Å². The van der Waals surface area contributed by atoms with Crippen LogP contribution in [0.5, 0.6) is 11.5 Å². The van der Waals surface area contributed by atoms with Crippen molar-refractivity contribution in [3.05, 3.63) is 78.9 Å². The molecule has 0 N–H and O–H groups in total. The van der Waals surface area contributed by atoms with E-state index in [0.717, 1.165) is 22.3 Å². The summed E-state index contributed by atoms with van der Waals surface area (Å²) in [5, 5.41) is 7.21. The summed E-state index contributed by atoms with van der Waals surface area (Å²) in [5.41, 5.74) is 11.7. The van der Waals surface area contributed by atoms with Crippen molar-refractivity contribution in [1.29, 1.82) is 0 Å². The molecule has 6 aromatic carbocycles. The molecule has 3 aliphatic rings. The fourth-order valence-corrected chi connectivity index (χ4v) is 9.94. The number of hydrogen-bond donors (Lipinski definition) is 0. The molecule has 0 radical (unpaired) electrons. The molecule has 3 aliphatic heterocycles. The van der Waals surface area contributed by atoms with Gasteiger partial charge in [-0.3, -0.25) is 0 Å². The zero-order chi connectivity index (χ0) is 48.5. The normalized spacial score (nSPS) is 12.7. The predicted molar refractivity (Wildman–Crippen MR) is 276 cm³/mol. The van der Waals surface area contributed by atoms with Crippen LogP contribution in [0.4, 0.5) is 0 Å². The van der Waals surface area contributed by atoms with E-state index in [1.54, 1.807) is 14.2 Å². The molecule has 14 nitrogen and oxygen atoms in total. The first-order chi connectivity index (χ1) is 35.3. The van der Waals surface area contributed by atoms with Gasteiger partial charge in [-0.25, -0.2) is 0 Å². The molecule has 0 aromatic heterocycles. The number of hydrogen-bond acceptors (Lipinski definition) is 14. The third kappa shape index (κ3) is 12.2. The molecule has 0 spiro atoms. The third-order valence-corrected chi connectivity index (χ3v) is 13.0. The topological polar surface area (TPSA) is 129 Å². The molecule has 9 rings (SSSR count). The molecule has 0 unspecified atom stereocenters. The summed E-state index contributed by atoms with van der Waals surface area (Å²) < 4.78 is 79.6. The lowest BCUT2D eigenvalue weighted by atomic mass is 9.28. The van der Waals surface area contributed by atoms with E-state index in [1.165, 1.54) is 71.3 Å². The minimum Gasteiger partial charge on any atom is -0.491 e. The van der Waals surface area contributed by atoms with E-state index in [2.05, 4.69) is 78.9 Å². The highest BCUT2D eigenvalue weighted by molar-refractivity contribution is 7.04. The Bertz CT molecular complexity index is 2660. The lowest BCUT2D eigenvalue weighted by Crippen LogP contribution is -2.59. The Morgan fingerprint density at radius 3 is 1.06 bits per heavy atom. The summed E-state index contributed by atoms with van der Waals surface area (Å²) in [6.07, 6.45) is 0. The van der Waals surface area contributed by atoms with Crippen molar-refractivity contribution in [2.75, 3.05) is 173 Å². The average molecular weight is 975 g/mol. The first kappa shape index (κ1) is 51.2. The lowest BCUT2D eigenvalue weighted by Gasteiger charge is -2.39. The summed E-state index contributed by atoms with van der Waals surface area (Å²) in [4.78, 5) is 0. The van der Waals surface area contributed by atoms with E-state index >= 15 is 0 Å². The molecule has 0 fully saturated rings. The summed E-state index contributed by atoms with van der Waals surface area (Å²) in [7, 11) is 3.31. The van der Waals surface area contributed by atoms with Crippen LogP contribution < -0.4 is 25.9 Å². The van der Waals surface area contributed by atoms with Crippen molar-refractivity contribution in [3.63, 3.8) is 0 Å². The highest BCUT2D eigenvalue weighted by atomic mass is 16.6. The summed E-state index contributed by atoms with van der Waals surface area (Å²) >= 11 is 0. The van der Waals surface area contributed by atoms with Crippen molar-refractivity contribution >= 4 is 55.4 Å². The molecule has 0 amide bonds. The van der Waals surface area contributed by atoms with Gasteiger partial charge < -0.3 is 66.3 Å². The zero-order valence-electron chi connectivity index (χ0n) is 41.3. The molecule has 6 aromatic rings. The van der Waals surface area contributed by atoms with E-state index in [0.29, 0.717) is 159 Å². The van der Waals surface area contributed by atoms with Crippen LogP contribution in [0.25, 0.3) is 65.7 Å². The molecule has 3 heterocycles. The first-order valence-corrected chi connectivity index (χ1v) is 25.1. The number of fused-ring (bicyclic) bond motifs is 3. The van der Waals surface area contributed by atoms with E-state index in [4.69, 9.17) is 66.3 Å². The van der Waals surface area contributed by atoms with Gasteiger partial charge in [-0.1, -0.05) is 77.1 Å². The minimum absolute atomic E-state index is 0.0588. The zero-order valence-corrected chi connectivity index (χ0v) is 41.3. The fraction of sp³-hybridized carbons (Fsp3) is 0.464. The van der Waals surface area contributed by atoms with Gasteiger partial charge in [-0.2, -0.15) is 0 Å². The van der Waals surface area contributed by atoms with E-state index < -0.39 is 0 Å². The minimum atomic E-state index is 0.0588. The van der Waals surface area contributed by atoms with Crippen LogP contribution in [-0.4, -0.2) is 179 Å². The highest BCUT2D eigenvalue weighted by Crippen LogP contribution is 2.48. The van der Waals surface area contributed by atoms with Crippen LogP contribution in [0, 0.1) is 0 Å². The Morgan fingerprint density at radius 2 is 0.634 bits per heavy atom. The molecular weight excluding hydrogens is 907 g/mol. The number of rotatable bonds is 38. The second-order valence-corrected chi connectivity index (χ2v) is 17.3. The molecular formula is C56H67BO14. The average Bonchev–Trinajstić information content (AvgIpc) is 3.40. The Labute approximate surface area is 416 Å². The summed E-state index contributed by atoms with van der Waals surface area (Å²) in [6.45, 7) is 12.0. The van der Waals surface area contributed by atoms with Crippen molar-refractivity contribution in [3.8, 4) is 44.9 Å². The number of methoxy groups -OCH3 is 2. The van der Waals surface area contributed by atoms with Gasteiger partial charge >= 0.3 is 0 Å². The predicted octanol–water partition coefficient (Wildman–Crippen LogP) is 5.82. The van der Waals surface area contributed by atoms with Gasteiger partial charge in [0.1, 0.15) is 24.7 Å². The van der Waals surface area contributed by atoms with Crippen LogP contribution in [0.2, 0.25) is 0 Å². The smallest absolute Gasteiger partial charge is 0.246 e. The third-order valence-electron chi connectivity index (χ3n) is 13.0. The monoisotopic (exact) mass is 974 g/mol. The molecule has 0 saturated heterocycles. The summed E-state index contributed by atoms with van der Waals surface area (Å²) in [6, 6.07) is 29.2. The molecule has 15 heteroatoms. The van der Waals surface area contributed by atoms with Crippen LogP contribution in [0.3, 0.4) is 0 Å². The Morgan fingerprint density at radius 1 is 0.296 bits per heavy atom. The van der Waals surface area contributed by atoms with Gasteiger partial charge in [-0.15, -0.1) is 0 Å². The van der Waals surface area contributed by atoms with Gasteiger partial charge in [0, 0.05) is 25.0 Å². The van der Waals surface area contributed by atoms with Gasteiger partial charge in [0.25, 0.3) is 0 Å². The largest absolute Gasteiger partial charge is 0.491 e. The van der Waals surface area contributed by atoms with E-state index in [1.807, 2.05) is 0 Å². The van der Waals surface area contributed by atoms with Crippen molar-refractivity contribution < 1.29 is 66.3 Å². The Kier molecular flexibility index (Phi) is 19.3. The van der Waals surface area contributed by atoms with Gasteiger partial charge in [0.2, 0.25) is 6.71 Å². The van der Waals surface area contributed by atoms with Crippen molar-refractivity contribution in [2.45, 2.75) is 0 Å². The standard InChI is InChI=1S/C56H67BO14/c1-58-15-17-60-19-21-62-23-25-64-27-29-66-31-33-68-35-37-70-49-13-11-42-45-8-4-7-44-41-6-3-5-40-9-10-46-43-12-14-50(48-39-47(49)52(42)56(53(43)48)57(54(44)45)55(46)51(40)41)71-38-36-69-34-32-67-30-28-65-26-24-63-22-20-61-18-16-59-2/h3-14,39H,15-38H2,1-2H3. The van der Waals surface area contributed by atoms with Crippen LogP contribution in [-0.2, 0) is 56.8 Å². The molecule has 71 heavy (non-hydrogen) atoms. The van der Waals surface area contributed by atoms with Gasteiger partial charge in [0.05, 0.1) is 145 Å². The lowest BCUT2D eigenvalue weighted by molar-refractivity contribution is -0.0159. The second kappa shape index (κ2) is 26.8. The number of ether oxygens (including phenoxy) is 14. The number of benzene rings is 6. The maximum absolute atomic E-state index is 6.63. The maximum Gasteiger partial charge on any atom is 0.246 e. The Balaban J connectivity index is 0.820. The van der Waals surface area contributed by atoms with Crippen LogP contribution >= 0.6 is 0 Å².